The molecule has 0 unspecified atom stereocenters. The van der Waals surface area contributed by atoms with E-state index in [-0.39, 0.29) is 24.0 Å². The Balaban J connectivity index is 1.45. The number of ether oxygens (including phenoxy) is 1. The number of nitrogens with one attached hydrogen (secondary N) is 2. The van der Waals surface area contributed by atoms with Crippen LogP contribution < -0.4 is 15.4 Å². The zero-order valence-electron chi connectivity index (χ0n) is 17.6. The highest BCUT2D eigenvalue weighted by Gasteiger charge is 2.16. The maximum absolute atomic E-state index is 12.9. The van der Waals surface area contributed by atoms with Crippen molar-refractivity contribution in [2.45, 2.75) is 6.54 Å². The number of carbonyl (C=O) groups excluding carboxylic acids is 2. The van der Waals surface area contributed by atoms with Gasteiger partial charge in [0, 0.05) is 16.0 Å². The van der Waals surface area contributed by atoms with Gasteiger partial charge in [-0.2, -0.15) is 4.98 Å². The molecule has 0 aliphatic carbocycles. The van der Waals surface area contributed by atoms with Crippen molar-refractivity contribution in [2.75, 3.05) is 7.11 Å². The van der Waals surface area contributed by atoms with Gasteiger partial charge in [-0.25, -0.2) is 0 Å². The number of methoxy groups -OCH3 is 1. The number of benzene rings is 2. The molecule has 9 heteroatoms. The summed E-state index contributed by atoms with van der Waals surface area (Å²) in [7, 11) is 1.59. The van der Waals surface area contributed by atoms with Gasteiger partial charge < -0.3 is 19.9 Å². The van der Waals surface area contributed by atoms with Crippen molar-refractivity contribution >= 4 is 29.2 Å². The summed E-state index contributed by atoms with van der Waals surface area (Å²) >= 11 is 1.45. The number of aromatic nitrogens is 2. The Morgan fingerprint density at radius 3 is 2.55 bits per heavy atom. The average Bonchev–Trinajstić information content (AvgIpc) is 3.55. The predicted molar refractivity (Wildman–Crippen MR) is 124 cm³/mol. The summed E-state index contributed by atoms with van der Waals surface area (Å²) in [6.45, 7) is 0.00494. The third-order valence-corrected chi connectivity index (χ3v) is 5.39. The maximum atomic E-state index is 12.9. The Hall–Kier alpha value is -4.24. The Bertz CT molecular complexity index is 1250. The minimum absolute atomic E-state index is 0.00494. The van der Waals surface area contributed by atoms with Gasteiger partial charge in [-0.3, -0.25) is 9.59 Å². The molecule has 0 saturated carbocycles. The molecule has 2 amide bonds. The highest BCUT2D eigenvalue weighted by atomic mass is 32.1. The second-order valence-electron chi connectivity index (χ2n) is 6.82. The zero-order valence-corrected chi connectivity index (χ0v) is 18.5. The van der Waals surface area contributed by atoms with Crippen molar-refractivity contribution in [3.8, 4) is 17.1 Å². The highest BCUT2D eigenvalue weighted by molar-refractivity contribution is 7.10. The van der Waals surface area contributed by atoms with Crippen molar-refractivity contribution in [3.63, 3.8) is 0 Å². The molecular formula is C24H20N4O4S. The number of hydrogen-bond donors (Lipinski definition) is 2. The zero-order chi connectivity index (χ0) is 23.0. The smallest absolute Gasteiger partial charge is 0.268 e. The van der Waals surface area contributed by atoms with Crippen molar-refractivity contribution in [2.24, 2.45) is 0 Å². The molecule has 2 aromatic heterocycles. The molecular weight excluding hydrogens is 440 g/mol. The molecule has 2 aromatic carbocycles. The molecule has 166 valence electrons. The van der Waals surface area contributed by atoms with Gasteiger partial charge in [0.1, 0.15) is 11.4 Å². The Kier molecular flexibility index (Phi) is 6.91. The fraction of sp³-hybridized carbons (Fsp3) is 0.0833. The summed E-state index contributed by atoms with van der Waals surface area (Å²) < 4.78 is 10.4. The number of rotatable bonds is 8. The Morgan fingerprint density at radius 1 is 1.06 bits per heavy atom. The SMILES string of the molecule is COc1ccc(-c2noc(CNC(=O)/C(=C/c3cccs3)NC(=O)c3ccccc3)n2)cc1. The van der Waals surface area contributed by atoms with Crippen LogP contribution in [0, 0.1) is 0 Å². The standard InChI is InChI=1S/C24H20N4O4S/c1-31-18-11-9-16(10-12-18)22-27-21(32-28-22)15-25-24(30)20(14-19-8-5-13-33-19)26-23(29)17-6-3-2-4-7-17/h2-14H,15H2,1H3,(H,25,30)(H,26,29)/b20-14-. The molecule has 0 saturated heterocycles. The second-order valence-corrected chi connectivity index (χ2v) is 7.80. The lowest BCUT2D eigenvalue weighted by molar-refractivity contribution is -0.118. The fourth-order valence-electron chi connectivity index (χ4n) is 2.89. The quantitative estimate of drug-likeness (QED) is 0.387. The van der Waals surface area contributed by atoms with Gasteiger partial charge in [-0.1, -0.05) is 29.4 Å². The van der Waals surface area contributed by atoms with Gasteiger partial charge >= 0.3 is 0 Å². The van der Waals surface area contributed by atoms with Crippen LogP contribution in [0.2, 0.25) is 0 Å². The van der Waals surface area contributed by atoms with E-state index < -0.39 is 5.91 Å². The van der Waals surface area contributed by atoms with E-state index in [4.69, 9.17) is 9.26 Å². The van der Waals surface area contributed by atoms with Gasteiger partial charge in [-0.15, -0.1) is 11.3 Å². The van der Waals surface area contributed by atoms with E-state index in [9.17, 15) is 9.59 Å². The predicted octanol–water partition coefficient (Wildman–Crippen LogP) is 3.89. The number of nitrogens with zero attached hydrogens (tertiary/aromatic N) is 2. The molecule has 2 N–H and O–H groups in total. The Morgan fingerprint density at radius 2 is 1.85 bits per heavy atom. The normalized spacial score (nSPS) is 11.1. The molecule has 8 nitrogen and oxygen atoms in total. The van der Waals surface area contributed by atoms with Gasteiger partial charge in [-0.05, 0) is 53.9 Å². The maximum Gasteiger partial charge on any atom is 0.268 e. The van der Waals surface area contributed by atoms with E-state index in [1.807, 2.05) is 35.7 Å². The number of amides is 2. The van der Waals surface area contributed by atoms with E-state index in [1.54, 1.807) is 49.6 Å². The molecule has 0 atom stereocenters. The topological polar surface area (TPSA) is 106 Å². The number of carbonyl (C=O) groups is 2. The molecule has 4 rings (SSSR count). The van der Waals surface area contributed by atoms with E-state index in [0.29, 0.717) is 11.4 Å². The molecule has 0 spiro atoms. The van der Waals surface area contributed by atoms with Crippen molar-refractivity contribution in [1.82, 2.24) is 20.8 Å². The van der Waals surface area contributed by atoms with Crippen LogP contribution in [0.4, 0.5) is 0 Å². The molecule has 0 aliphatic heterocycles. The lowest BCUT2D eigenvalue weighted by Gasteiger charge is -2.10. The van der Waals surface area contributed by atoms with Crippen molar-refractivity contribution in [3.05, 3.63) is 94.1 Å². The molecule has 0 bridgehead atoms. The summed E-state index contributed by atoms with van der Waals surface area (Å²) in [5, 5.41) is 11.2. The molecule has 2 heterocycles. The van der Waals surface area contributed by atoms with Crippen molar-refractivity contribution in [1.29, 1.82) is 0 Å². The molecule has 4 aromatic rings. The largest absolute Gasteiger partial charge is 0.497 e. The van der Waals surface area contributed by atoms with Crippen LogP contribution in [0.3, 0.4) is 0 Å². The van der Waals surface area contributed by atoms with E-state index >= 15 is 0 Å². The molecule has 0 radical (unpaired) electrons. The minimum Gasteiger partial charge on any atom is -0.497 e. The van der Waals surface area contributed by atoms with Crippen LogP contribution in [0.1, 0.15) is 21.1 Å². The first-order chi connectivity index (χ1) is 16.1. The van der Waals surface area contributed by atoms with Crippen LogP contribution in [0.15, 0.2) is 82.3 Å². The first kappa shape index (κ1) is 22.0. The summed E-state index contributed by atoms with van der Waals surface area (Å²) in [5.74, 6) is 0.495. The summed E-state index contributed by atoms with van der Waals surface area (Å²) in [4.78, 5) is 30.6. The van der Waals surface area contributed by atoms with Crippen molar-refractivity contribution < 1.29 is 18.8 Å². The lowest BCUT2D eigenvalue weighted by Crippen LogP contribution is -2.34. The Labute approximate surface area is 193 Å². The van der Waals surface area contributed by atoms with Crippen LogP contribution in [0.5, 0.6) is 5.75 Å². The minimum atomic E-state index is -0.475. The lowest BCUT2D eigenvalue weighted by atomic mass is 10.2. The number of hydrogen-bond acceptors (Lipinski definition) is 7. The van der Waals surface area contributed by atoms with E-state index in [1.165, 1.54) is 11.3 Å². The summed E-state index contributed by atoms with van der Waals surface area (Å²) in [5.41, 5.74) is 1.31. The molecule has 0 fully saturated rings. The van der Waals surface area contributed by atoms with Gasteiger partial charge in [0.2, 0.25) is 11.7 Å². The number of thiophene rings is 1. The molecule has 33 heavy (non-hydrogen) atoms. The third-order valence-electron chi connectivity index (χ3n) is 4.58. The average molecular weight is 461 g/mol. The third kappa shape index (κ3) is 5.72. The molecule has 0 aliphatic rings. The summed E-state index contributed by atoms with van der Waals surface area (Å²) in [6.07, 6.45) is 1.62. The van der Waals surface area contributed by atoms with Gasteiger partial charge in [0.05, 0.1) is 13.7 Å². The van der Waals surface area contributed by atoms with Gasteiger partial charge in [0.15, 0.2) is 0 Å². The monoisotopic (exact) mass is 460 g/mol. The second kappa shape index (κ2) is 10.4. The first-order valence-corrected chi connectivity index (χ1v) is 10.9. The van der Waals surface area contributed by atoms with E-state index in [2.05, 4.69) is 20.8 Å². The highest BCUT2D eigenvalue weighted by Crippen LogP contribution is 2.19. The van der Waals surface area contributed by atoms with Gasteiger partial charge in [0.25, 0.3) is 11.8 Å². The summed E-state index contributed by atoms with van der Waals surface area (Å²) in [6, 6.07) is 19.6. The first-order valence-electron chi connectivity index (χ1n) is 9.99. The van der Waals surface area contributed by atoms with Crippen LogP contribution in [-0.2, 0) is 11.3 Å². The van der Waals surface area contributed by atoms with Crippen LogP contribution >= 0.6 is 11.3 Å². The van der Waals surface area contributed by atoms with E-state index in [0.717, 1.165) is 16.2 Å². The fourth-order valence-corrected chi connectivity index (χ4v) is 3.55. The van der Waals surface area contributed by atoms with Crippen LogP contribution in [0.25, 0.3) is 17.5 Å². The van der Waals surface area contributed by atoms with Crippen LogP contribution in [-0.4, -0.2) is 29.1 Å².